The van der Waals surface area contributed by atoms with Gasteiger partial charge in [-0.15, -0.1) is 0 Å². The largest absolute Gasteiger partial charge is 0.469 e. The van der Waals surface area contributed by atoms with Gasteiger partial charge in [0.25, 0.3) is 5.91 Å². The first-order chi connectivity index (χ1) is 10.1. The number of nitrogens with one attached hydrogen (secondary N) is 1. The van der Waals surface area contributed by atoms with Gasteiger partial charge in [-0.1, -0.05) is 6.92 Å². The average Bonchev–Trinajstić information content (AvgIpc) is 3.07. The number of rotatable bonds is 3. The fourth-order valence-electron chi connectivity index (χ4n) is 3.10. The van der Waals surface area contributed by atoms with Gasteiger partial charge in [0.1, 0.15) is 11.9 Å². The first-order valence-electron chi connectivity index (χ1n) is 7.72. The predicted octanol–water partition coefficient (Wildman–Crippen LogP) is 2.64. The van der Waals surface area contributed by atoms with Crippen LogP contribution >= 0.6 is 0 Å². The highest BCUT2D eigenvalue weighted by Crippen LogP contribution is 2.39. The van der Waals surface area contributed by atoms with Crippen molar-refractivity contribution in [3.05, 3.63) is 23.7 Å². The van der Waals surface area contributed by atoms with Gasteiger partial charge in [0.2, 0.25) is 0 Å². The summed E-state index contributed by atoms with van der Waals surface area (Å²) in [5.74, 6) is 0.871. The summed E-state index contributed by atoms with van der Waals surface area (Å²) in [7, 11) is 0. The Kier molecular flexibility index (Phi) is 4.04. The molecule has 0 bridgehead atoms. The topological polar surface area (TPSA) is 60.7 Å². The Balaban J connectivity index is 1.49. The summed E-state index contributed by atoms with van der Waals surface area (Å²) in [6, 6.07) is 1.68. The summed E-state index contributed by atoms with van der Waals surface area (Å²) >= 11 is 0. The van der Waals surface area contributed by atoms with Crippen molar-refractivity contribution < 1.29 is 18.7 Å². The molecular weight excluding hydrogens is 270 g/mol. The van der Waals surface area contributed by atoms with Crippen LogP contribution in [0.15, 0.2) is 16.7 Å². The minimum atomic E-state index is -0.395. The molecule has 1 saturated heterocycles. The molecular formula is C16H23NO4. The highest BCUT2D eigenvalue weighted by Gasteiger charge is 2.43. The normalized spacial score (nSPS) is 32.5. The van der Waals surface area contributed by atoms with E-state index in [0.29, 0.717) is 24.5 Å². The molecule has 5 nitrogen and oxygen atoms in total. The highest BCUT2D eigenvalue weighted by atomic mass is 16.7. The Morgan fingerprint density at radius 2 is 2.19 bits per heavy atom. The molecule has 1 aromatic heterocycles. The monoisotopic (exact) mass is 293 g/mol. The zero-order chi connectivity index (χ0) is 14.9. The van der Waals surface area contributed by atoms with Crippen LogP contribution in [0.2, 0.25) is 0 Å². The van der Waals surface area contributed by atoms with Crippen LogP contribution in [-0.2, 0) is 9.47 Å². The second-order valence-electron chi connectivity index (χ2n) is 6.24. The first-order valence-corrected chi connectivity index (χ1v) is 7.72. The van der Waals surface area contributed by atoms with Gasteiger partial charge < -0.3 is 19.2 Å². The lowest BCUT2D eigenvalue weighted by molar-refractivity contribution is -0.191. The number of carbonyl (C=O) groups excluding carboxylic acids is 1. The summed E-state index contributed by atoms with van der Waals surface area (Å²) in [5.41, 5.74) is 0.579. The summed E-state index contributed by atoms with van der Waals surface area (Å²) < 4.78 is 17.1. The smallest absolute Gasteiger partial charge is 0.254 e. The fraction of sp³-hybridized carbons (Fsp3) is 0.688. The van der Waals surface area contributed by atoms with E-state index < -0.39 is 5.79 Å². The van der Waals surface area contributed by atoms with E-state index in [1.807, 2.05) is 0 Å². The number of hydrogen-bond donors (Lipinski definition) is 1. The van der Waals surface area contributed by atoms with Gasteiger partial charge in [0.05, 0.1) is 18.4 Å². The molecule has 1 aliphatic carbocycles. The van der Waals surface area contributed by atoms with Gasteiger partial charge in [-0.05, 0) is 31.7 Å². The molecule has 1 aromatic rings. The molecule has 1 amide bonds. The van der Waals surface area contributed by atoms with E-state index in [1.54, 1.807) is 13.0 Å². The van der Waals surface area contributed by atoms with Gasteiger partial charge in [-0.2, -0.15) is 0 Å². The molecule has 1 aliphatic heterocycles. The molecule has 0 radical (unpaired) electrons. The predicted molar refractivity (Wildman–Crippen MR) is 77.0 cm³/mol. The van der Waals surface area contributed by atoms with Crippen LogP contribution in [0.1, 0.15) is 48.7 Å². The maximum Gasteiger partial charge on any atom is 0.254 e. The zero-order valence-corrected chi connectivity index (χ0v) is 12.7. The molecule has 2 aliphatic rings. The third-order valence-corrected chi connectivity index (χ3v) is 4.54. The lowest BCUT2D eigenvalue weighted by atomic mass is 9.86. The molecule has 21 heavy (non-hydrogen) atoms. The molecule has 1 N–H and O–H groups in total. The molecule has 1 saturated carbocycles. The van der Waals surface area contributed by atoms with Crippen LogP contribution in [-0.4, -0.2) is 30.9 Å². The second-order valence-corrected chi connectivity index (χ2v) is 6.24. The van der Waals surface area contributed by atoms with Crippen LogP contribution < -0.4 is 5.32 Å². The van der Waals surface area contributed by atoms with Crippen LogP contribution in [0.5, 0.6) is 0 Å². The number of furan rings is 1. The van der Waals surface area contributed by atoms with Crippen molar-refractivity contribution >= 4 is 5.91 Å². The Labute approximate surface area is 125 Å². The van der Waals surface area contributed by atoms with Gasteiger partial charge in [-0.25, -0.2) is 0 Å². The highest BCUT2D eigenvalue weighted by molar-refractivity contribution is 5.95. The van der Waals surface area contributed by atoms with E-state index in [0.717, 1.165) is 31.6 Å². The first kappa shape index (κ1) is 14.6. The number of hydrogen-bond acceptors (Lipinski definition) is 4. The Bertz CT molecular complexity index is 502. The Morgan fingerprint density at radius 1 is 1.43 bits per heavy atom. The van der Waals surface area contributed by atoms with Crippen molar-refractivity contribution in [1.82, 2.24) is 5.32 Å². The van der Waals surface area contributed by atoms with E-state index in [4.69, 9.17) is 13.9 Å². The third kappa shape index (κ3) is 3.14. The van der Waals surface area contributed by atoms with Crippen LogP contribution in [0.3, 0.4) is 0 Å². The molecule has 0 aromatic carbocycles. The van der Waals surface area contributed by atoms with E-state index in [9.17, 15) is 4.79 Å². The van der Waals surface area contributed by atoms with E-state index in [-0.39, 0.29) is 12.0 Å². The lowest BCUT2D eigenvalue weighted by Crippen LogP contribution is -2.38. The number of carbonyl (C=O) groups is 1. The minimum absolute atomic E-state index is 0.0606. The molecule has 0 unspecified atom stereocenters. The molecule has 2 heterocycles. The van der Waals surface area contributed by atoms with Crippen LogP contribution in [0.25, 0.3) is 0 Å². The molecule has 3 rings (SSSR count). The lowest BCUT2D eigenvalue weighted by Gasteiger charge is -2.34. The fourth-order valence-corrected chi connectivity index (χ4v) is 3.10. The van der Waals surface area contributed by atoms with Gasteiger partial charge in [-0.3, -0.25) is 4.79 Å². The Morgan fingerprint density at radius 3 is 2.86 bits per heavy atom. The maximum atomic E-state index is 12.0. The van der Waals surface area contributed by atoms with Crippen molar-refractivity contribution in [2.75, 3.05) is 13.2 Å². The van der Waals surface area contributed by atoms with Crippen molar-refractivity contribution in [2.24, 2.45) is 5.92 Å². The number of aryl methyl sites for hydroxylation is 1. The average molecular weight is 293 g/mol. The molecule has 116 valence electrons. The molecule has 2 fully saturated rings. The van der Waals surface area contributed by atoms with Gasteiger partial charge in [0, 0.05) is 19.4 Å². The summed E-state index contributed by atoms with van der Waals surface area (Å²) in [6.45, 7) is 5.08. The van der Waals surface area contributed by atoms with E-state index in [2.05, 4.69) is 12.2 Å². The molecule has 1 spiro atoms. The standard InChI is InChI=1S/C16H23NO4/c1-11-3-6-16(7-4-11)20-10-13(21-16)9-17-15(18)14-5-8-19-12(14)2/h5,8,11,13H,3-4,6-7,9-10H2,1-2H3,(H,17,18)/t11?,13-,16?/m0/s1. The summed E-state index contributed by atoms with van der Waals surface area (Å²) in [4.78, 5) is 12.0. The van der Waals surface area contributed by atoms with Gasteiger partial charge >= 0.3 is 0 Å². The number of amides is 1. The zero-order valence-electron chi connectivity index (χ0n) is 12.7. The number of ether oxygens (including phenoxy) is 2. The summed E-state index contributed by atoms with van der Waals surface area (Å²) in [5, 5.41) is 2.89. The van der Waals surface area contributed by atoms with E-state index in [1.165, 1.54) is 6.26 Å². The van der Waals surface area contributed by atoms with Crippen molar-refractivity contribution in [3.8, 4) is 0 Å². The van der Waals surface area contributed by atoms with Crippen molar-refractivity contribution in [3.63, 3.8) is 0 Å². The molecule has 5 heteroatoms. The van der Waals surface area contributed by atoms with E-state index >= 15 is 0 Å². The van der Waals surface area contributed by atoms with Crippen LogP contribution in [0, 0.1) is 12.8 Å². The molecule has 1 atom stereocenters. The minimum Gasteiger partial charge on any atom is -0.469 e. The SMILES string of the molecule is Cc1occc1C(=O)NC[C@H]1COC2(CCC(C)CC2)O1. The third-order valence-electron chi connectivity index (χ3n) is 4.54. The quantitative estimate of drug-likeness (QED) is 0.930. The Hall–Kier alpha value is -1.33. The van der Waals surface area contributed by atoms with Crippen LogP contribution in [0.4, 0.5) is 0 Å². The maximum absolute atomic E-state index is 12.0. The second kappa shape index (κ2) is 5.81. The van der Waals surface area contributed by atoms with Crippen molar-refractivity contribution in [2.45, 2.75) is 51.4 Å². The van der Waals surface area contributed by atoms with Crippen molar-refractivity contribution in [1.29, 1.82) is 0 Å². The summed E-state index contributed by atoms with van der Waals surface area (Å²) in [6.07, 6.45) is 5.67. The van der Waals surface area contributed by atoms with Gasteiger partial charge in [0.15, 0.2) is 5.79 Å².